The van der Waals surface area contributed by atoms with Crippen LogP contribution in [-0.4, -0.2) is 22.6 Å². The number of fused-ring (bicyclic) bond motifs is 1. The molecule has 3 rings (SSSR count). The van der Waals surface area contributed by atoms with Gasteiger partial charge in [0.25, 0.3) is 0 Å². The molecule has 1 aromatic heterocycles. The predicted molar refractivity (Wildman–Crippen MR) is 84.8 cm³/mol. The minimum absolute atomic E-state index is 0.883. The minimum Gasteiger partial charge on any atom is -0.362 e. The first-order chi connectivity index (χ1) is 9.78. The highest BCUT2D eigenvalue weighted by Crippen LogP contribution is 2.27. The third-order valence-corrected chi connectivity index (χ3v) is 4.19. The normalized spacial score (nSPS) is 14.4. The van der Waals surface area contributed by atoms with E-state index in [1.807, 2.05) is 6.20 Å². The monoisotopic (exact) mass is 334 g/mol. The van der Waals surface area contributed by atoms with Crippen molar-refractivity contribution < 1.29 is 0 Å². The van der Waals surface area contributed by atoms with Crippen molar-refractivity contribution in [3.05, 3.63) is 46.5 Å². The van der Waals surface area contributed by atoms with Crippen LogP contribution in [0.1, 0.15) is 18.3 Å². The van der Waals surface area contributed by atoms with Crippen molar-refractivity contribution in [1.29, 1.82) is 0 Å². The van der Waals surface area contributed by atoms with Crippen molar-refractivity contribution in [2.45, 2.75) is 26.6 Å². The summed E-state index contributed by atoms with van der Waals surface area (Å²) in [7, 11) is 0. The van der Waals surface area contributed by atoms with Crippen LogP contribution in [0, 0.1) is 0 Å². The van der Waals surface area contributed by atoms with Gasteiger partial charge in [0.15, 0.2) is 0 Å². The number of benzene rings is 1. The van der Waals surface area contributed by atoms with E-state index in [1.54, 1.807) is 0 Å². The molecule has 0 radical (unpaired) electrons. The number of rotatable bonds is 4. The fourth-order valence-electron chi connectivity index (χ4n) is 2.64. The molecule has 2 heterocycles. The predicted octanol–water partition coefficient (Wildman–Crippen LogP) is 2.78. The summed E-state index contributed by atoms with van der Waals surface area (Å²) in [6, 6.07) is 6.53. The van der Waals surface area contributed by atoms with Crippen LogP contribution in [0.3, 0.4) is 0 Å². The van der Waals surface area contributed by atoms with Gasteiger partial charge in [-0.3, -0.25) is 0 Å². The van der Waals surface area contributed by atoms with E-state index in [4.69, 9.17) is 0 Å². The molecule has 0 unspecified atom stereocenters. The Balaban J connectivity index is 1.86. The summed E-state index contributed by atoms with van der Waals surface area (Å²) in [5.41, 5.74) is 2.64. The van der Waals surface area contributed by atoms with E-state index >= 15 is 0 Å². The van der Waals surface area contributed by atoms with E-state index in [0.717, 1.165) is 43.0 Å². The molecule has 2 aromatic rings. The molecule has 1 aliphatic heterocycles. The molecule has 0 atom stereocenters. The third kappa shape index (κ3) is 2.74. The van der Waals surface area contributed by atoms with E-state index in [9.17, 15) is 0 Å². The van der Waals surface area contributed by atoms with Crippen LogP contribution in [0.15, 0.2) is 35.1 Å². The Morgan fingerprint density at radius 1 is 1.35 bits per heavy atom. The molecule has 4 nitrogen and oxygen atoms in total. The fourth-order valence-corrected chi connectivity index (χ4v) is 3.05. The summed E-state index contributed by atoms with van der Waals surface area (Å²) >= 11 is 3.57. The first-order valence-electron chi connectivity index (χ1n) is 7.02. The van der Waals surface area contributed by atoms with E-state index in [-0.39, 0.29) is 0 Å². The molecule has 0 saturated carbocycles. The number of hydrogen-bond donors (Lipinski definition) is 1. The van der Waals surface area contributed by atoms with Gasteiger partial charge in [-0.15, -0.1) is 0 Å². The molecule has 0 amide bonds. The lowest BCUT2D eigenvalue weighted by molar-refractivity contribution is 0.557. The number of hydrogen-bond acceptors (Lipinski definition) is 3. The van der Waals surface area contributed by atoms with Gasteiger partial charge in [-0.05, 0) is 30.3 Å². The maximum atomic E-state index is 4.44. The van der Waals surface area contributed by atoms with Crippen molar-refractivity contribution >= 4 is 21.6 Å². The zero-order valence-corrected chi connectivity index (χ0v) is 13.2. The number of anilines is 1. The summed E-state index contributed by atoms with van der Waals surface area (Å²) in [4.78, 5) is 6.86. The lowest BCUT2D eigenvalue weighted by Gasteiger charge is -2.31. The molecule has 20 heavy (non-hydrogen) atoms. The molecule has 0 spiro atoms. The van der Waals surface area contributed by atoms with Gasteiger partial charge < -0.3 is 14.8 Å². The lowest BCUT2D eigenvalue weighted by Crippen LogP contribution is -2.34. The number of halogens is 1. The highest BCUT2D eigenvalue weighted by Gasteiger charge is 2.19. The average Bonchev–Trinajstić information content (AvgIpc) is 2.92. The number of imidazole rings is 1. The molecule has 0 saturated heterocycles. The van der Waals surface area contributed by atoms with Crippen LogP contribution in [0.4, 0.5) is 5.69 Å². The van der Waals surface area contributed by atoms with Crippen molar-refractivity contribution in [1.82, 2.24) is 14.9 Å². The standard InChI is InChI=1S/C15H19BrN4/c1-2-17-10-12-9-13(16)3-4-14(12)20-8-7-19-6-5-18-15(19)11-20/h3-6,9,17H,2,7-8,10-11H2,1H3. The van der Waals surface area contributed by atoms with Gasteiger partial charge in [0.2, 0.25) is 0 Å². The molecule has 5 heteroatoms. The van der Waals surface area contributed by atoms with Crippen LogP contribution in [0.5, 0.6) is 0 Å². The molecule has 1 aliphatic rings. The van der Waals surface area contributed by atoms with Gasteiger partial charge in [-0.1, -0.05) is 22.9 Å². The Morgan fingerprint density at radius 3 is 3.10 bits per heavy atom. The van der Waals surface area contributed by atoms with Crippen molar-refractivity contribution in [3.63, 3.8) is 0 Å². The Hall–Kier alpha value is -1.33. The Kier molecular flexibility index (Phi) is 4.08. The molecule has 0 aliphatic carbocycles. The van der Waals surface area contributed by atoms with E-state index in [1.165, 1.54) is 11.3 Å². The van der Waals surface area contributed by atoms with Crippen LogP contribution in [0.25, 0.3) is 0 Å². The number of nitrogens with zero attached hydrogens (tertiary/aromatic N) is 3. The summed E-state index contributed by atoms with van der Waals surface area (Å²) in [6.07, 6.45) is 3.95. The maximum Gasteiger partial charge on any atom is 0.128 e. The van der Waals surface area contributed by atoms with Gasteiger partial charge in [0.1, 0.15) is 5.82 Å². The quantitative estimate of drug-likeness (QED) is 0.933. The summed E-state index contributed by atoms with van der Waals surface area (Å²) in [6.45, 7) is 6.94. The van der Waals surface area contributed by atoms with Gasteiger partial charge in [-0.2, -0.15) is 0 Å². The number of nitrogens with one attached hydrogen (secondary N) is 1. The molecular weight excluding hydrogens is 316 g/mol. The topological polar surface area (TPSA) is 33.1 Å². The molecule has 0 fully saturated rings. The zero-order valence-electron chi connectivity index (χ0n) is 11.6. The lowest BCUT2D eigenvalue weighted by atomic mass is 10.1. The highest BCUT2D eigenvalue weighted by atomic mass is 79.9. The minimum atomic E-state index is 0.883. The second-order valence-corrected chi connectivity index (χ2v) is 5.93. The Labute approximate surface area is 127 Å². The summed E-state index contributed by atoms with van der Waals surface area (Å²) in [5.74, 6) is 1.15. The van der Waals surface area contributed by atoms with E-state index < -0.39 is 0 Å². The van der Waals surface area contributed by atoms with Gasteiger partial charge in [0.05, 0.1) is 6.54 Å². The van der Waals surface area contributed by atoms with Gasteiger partial charge >= 0.3 is 0 Å². The second-order valence-electron chi connectivity index (χ2n) is 5.01. The Bertz CT molecular complexity index is 593. The highest BCUT2D eigenvalue weighted by molar-refractivity contribution is 9.10. The molecule has 1 aromatic carbocycles. The van der Waals surface area contributed by atoms with E-state index in [2.05, 4.69) is 67.0 Å². The first kappa shape index (κ1) is 13.6. The Morgan fingerprint density at radius 2 is 2.25 bits per heavy atom. The van der Waals surface area contributed by atoms with Crippen molar-refractivity contribution in [2.24, 2.45) is 0 Å². The summed E-state index contributed by atoms with van der Waals surface area (Å²) in [5, 5.41) is 3.42. The van der Waals surface area contributed by atoms with E-state index in [0.29, 0.717) is 0 Å². The van der Waals surface area contributed by atoms with Gasteiger partial charge in [0, 0.05) is 42.2 Å². The van der Waals surface area contributed by atoms with Crippen LogP contribution in [0.2, 0.25) is 0 Å². The SMILES string of the molecule is CCNCc1cc(Br)ccc1N1CCn2ccnc2C1. The number of aromatic nitrogens is 2. The van der Waals surface area contributed by atoms with Crippen LogP contribution >= 0.6 is 15.9 Å². The maximum absolute atomic E-state index is 4.44. The zero-order chi connectivity index (χ0) is 13.9. The van der Waals surface area contributed by atoms with Crippen LogP contribution < -0.4 is 10.2 Å². The third-order valence-electron chi connectivity index (χ3n) is 3.69. The molecule has 0 bridgehead atoms. The van der Waals surface area contributed by atoms with Gasteiger partial charge in [-0.25, -0.2) is 4.98 Å². The molecule has 1 N–H and O–H groups in total. The fraction of sp³-hybridized carbons (Fsp3) is 0.400. The van der Waals surface area contributed by atoms with Crippen molar-refractivity contribution in [3.8, 4) is 0 Å². The second kappa shape index (κ2) is 5.97. The molecular formula is C15H19BrN4. The summed E-state index contributed by atoms with van der Waals surface area (Å²) < 4.78 is 3.37. The first-order valence-corrected chi connectivity index (χ1v) is 7.81. The largest absolute Gasteiger partial charge is 0.362 e. The molecule has 106 valence electrons. The van der Waals surface area contributed by atoms with Crippen LogP contribution in [-0.2, 0) is 19.6 Å². The smallest absolute Gasteiger partial charge is 0.128 e. The van der Waals surface area contributed by atoms with Crippen molar-refractivity contribution in [2.75, 3.05) is 18.0 Å². The average molecular weight is 335 g/mol.